The maximum atomic E-state index is 8.93. The molecule has 5 heteroatoms. The van der Waals surface area contributed by atoms with Gasteiger partial charge < -0.3 is 4.74 Å². The van der Waals surface area contributed by atoms with Crippen LogP contribution < -0.4 is 0 Å². The third kappa shape index (κ3) is 4.15. The van der Waals surface area contributed by atoms with Gasteiger partial charge in [-0.3, -0.25) is 14.7 Å². The predicted octanol–water partition coefficient (Wildman–Crippen LogP) is 0.237. The molecular weight excluding hydrogens is 240 g/mol. The minimum Gasteiger partial charge on any atom is -0.379 e. The average molecular weight is 266 g/mol. The highest BCUT2D eigenvalue weighted by atomic mass is 16.5. The summed E-state index contributed by atoms with van der Waals surface area (Å²) in [6.07, 6.45) is 0.634. The van der Waals surface area contributed by atoms with Gasteiger partial charge in [0, 0.05) is 51.4 Å². The molecule has 0 bridgehead atoms. The number of nitriles is 1. The van der Waals surface area contributed by atoms with E-state index in [-0.39, 0.29) is 0 Å². The molecule has 2 atom stereocenters. The van der Waals surface area contributed by atoms with E-state index in [0.717, 1.165) is 52.5 Å². The monoisotopic (exact) mass is 266 g/mol. The number of morpholine rings is 1. The molecule has 0 aromatic rings. The fourth-order valence-corrected chi connectivity index (χ4v) is 2.97. The Morgan fingerprint density at radius 1 is 1.16 bits per heavy atom. The van der Waals surface area contributed by atoms with E-state index >= 15 is 0 Å². The molecule has 5 nitrogen and oxygen atoms in total. The summed E-state index contributed by atoms with van der Waals surface area (Å²) in [5.74, 6) is 0. The minimum absolute atomic E-state index is 0.387. The molecule has 0 aliphatic carbocycles. The summed E-state index contributed by atoms with van der Waals surface area (Å²) >= 11 is 0. The van der Waals surface area contributed by atoms with Crippen molar-refractivity contribution in [2.45, 2.75) is 25.4 Å². The number of hydrogen-bond donors (Lipinski definition) is 0. The van der Waals surface area contributed by atoms with Gasteiger partial charge in [0.1, 0.15) is 0 Å². The Labute approximate surface area is 116 Å². The van der Waals surface area contributed by atoms with Crippen LogP contribution in [-0.4, -0.2) is 86.3 Å². The number of piperazine rings is 1. The normalized spacial score (nSPS) is 31.2. The van der Waals surface area contributed by atoms with Gasteiger partial charge in [-0.15, -0.1) is 0 Å². The van der Waals surface area contributed by atoms with Crippen molar-refractivity contribution in [3.8, 4) is 6.07 Å². The second-order valence-corrected chi connectivity index (χ2v) is 5.74. The lowest BCUT2D eigenvalue weighted by molar-refractivity contribution is 0.0183. The highest BCUT2D eigenvalue weighted by Crippen LogP contribution is 2.15. The minimum atomic E-state index is 0.387. The van der Waals surface area contributed by atoms with Gasteiger partial charge in [0.05, 0.1) is 25.7 Å². The molecule has 0 aromatic carbocycles. The number of nitrogens with zero attached hydrogens (tertiary/aromatic N) is 4. The van der Waals surface area contributed by atoms with Crippen LogP contribution in [0, 0.1) is 11.3 Å². The van der Waals surface area contributed by atoms with Gasteiger partial charge in [-0.2, -0.15) is 5.26 Å². The highest BCUT2D eigenvalue weighted by molar-refractivity contribution is 4.90. The van der Waals surface area contributed by atoms with Crippen molar-refractivity contribution in [3.05, 3.63) is 0 Å². The summed E-state index contributed by atoms with van der Waals surface area (Å²) in [5, 5.41) is 8.93. The van der Waals surface area contributed by atoms with Crippen LogP contribution in [0.25, 0.3) is 0 Å². The summed E-state index contributed by atoms with van der Waals surface area (Å²) < 4.78 is 5.37. The zero-order chi connectivity index (χ0) is 13.7. The largest absolute Gasteiger partial charge is 0.379 e. The van der Waals surface area contributed by atoms with E-state index in [4.69, 9.17) is 10.00 Å². The van der Waals surface area contributed by atoms with Gasteiger partial charge in [0.15, 0.2) is 0 Å². The van der Waals surface area contributed by atoms with E-state index in [2.05, 4.69) is 34.7 Å². The molecule has 0 amide bonds. The lowest BCUT2D eigenvalue weighted by Crippen LogP contribution is -2.57. The summed E-state index contributed by atoms with van der Waals surface area (Å²) in [6, 6.07) is 3.25. The molecule has 2 heterocycles. The van der Waals surface area contributed by atoms with Crippen LogP contribution in [0.5, 0.6) is 0 Å². The topological polar surface area (TPSA) is 42.7 Å². The van der Waals surface area contributed by atoms with E-state index in [1.165, 1.54) is 0 Å². The lowest BCUT2D eigenvalue weighted by Gasteiger charge is -2.43. The molecule has 2 saturated heterocycles. The van der Waals surface area contributed by atoms with E-state index < -0.39 is 0 Å². The Bertz CT molecular complexity index is 311. The Morgan fingerprint density at radius 3 is 2.53 bits per heavy atom. The van der Waals surface area contributed by atoms with E-state index in [1.807, 2.05) is 0 Å². The van der Waals surface area contributed by atoms with Crippen molar-refractivity contribution < 1.29 is 4.74 Å². The maximum absolute atomic E-state index is 8.93. The molecule has 2 rings (SSSR count). The molecule has 0 N–H and O–H groups in total. The number of rotatable bonds is 4. The standard InChI is InChI=1S/C14H26N4O/c1-13-11-18(12-14(3-4-15)16(13)2)6-5-17-7-9-19-10-8-17/h13-14H,3,5-12H2,1-2H3. The molecule has 19 heavy (non-hydrogen) atoms. The molecule has 2 unspecified atom stereocenters. The lowest BCUT2D eigenvalue weighted by atomic mass is 10.1. The first-order chi connectivity index (χ1) is 9.20. The second-order valence-electron chi connectivity index (χ2n) is 5.74. The van der Waals surface area contributed by atoms with Gasteiger partial charge in [0.2, 0.25) is 0 Å². The highest BCUT2D eigenvalue weighted by Gasteiger charge is 2.29. The second kappa shape index (κ2) is 7.20. The molecule has 0 saturated carbocycles. The molecule has 2 aliphatic heterocycles. The summed E-state index contributed by atoms with van der Waals surface area (Å²) in [6.45, 7) is 10.5. The SMILES string of the molecule is CC1CN(CCN2CCOCC2)CC(CC#N)N1C. The van der Waals surface area contributed by atoms with Crippen molar-refractivity contribution in [3.63, 3.8) is 0 Å². The van der Waals surface area contributed by atoms with Crippen LogP contribution in [0.2, 0.25) is 0 Å². The quantitative estimate of drug-likeness (QED) is 0.729. The smallest absolute Gasteiger partial charge is 0.0638 e. The van der Waals surface area contributed by atoms with Crippen molar-refractivity contribution in [2.24, 2.45) is 0 Å². The fraction of sp³-hybridized carbons (Fsp3) is 0.929. The van der Waals surface area contributed by atoms with Crippen LogP contribution in [-0.2, 0) is 4.74 Å². The summed E-state index contributed by atoms with van der Waals surface area (Å²) in [4.78, 5) is 7.35. The number of ether oxygens (including phenoxy) is 1. The van der Waals surface area contributed by atoms with Crippen LogP contribution in [0.4, 0.5) is 0 Å². The Morgan fingerprint density at radius 2 is 1.84 bits per heavy atom. The predicted molar refractivity (Wildman–Crippen MR) is 74.9 cm³/mol. The maximum Gasteiger partial charge on any atom is 0.0638 e. The van der Waals surface area contributed by atoms with Crippen LogP contribution in [0.3, 0.4) is 0 Å². The Balaban J connectivity index is 1.78. The molecular formula is C14H26N4O. The molecule has 0 aromatic heterocycles. The van der Waals surface area contributed by atoms with Crippen molar-refractivity contribution in [1.29, 1.82) is 5.26 Å². The van der Waals surface area contributed by atoms with E-state index in [1.54, 1.807) is 0 Å². The van der Waals surface area contributed by atoms with Crippen molar-refractivity contribution >= 4 is 0 Å². The number of likely N-dealkylation sites (N-methyl/N-ethyl adjacent to an activating group) is 1. The van der Waals surface area contributed by atoms with E-state index in [0.29, 0.717) is 18.5 Å². The molecule has 108 valence electrons. The van der Waals surface area contributed by atoms with Gasteiger partial charge in [0.25, 0.3) is 0 Å². The Hall–Kier alpha value is -0.670. The molecule has 2 aliphatic rings. The van der Waals surface area contributed by atoms with Gasteiger partial charge in [-0.1, -0.05) is 0 Å². The van der Waals surface area contributed by atoms with Crippen molar-refractivity contribution in [1.82, 2.24) is 14.7 Å². The van der Waals surface area contributed by atoms with Gasteiger partial charge in [-0.05, 0) is 14.0 Å². The first-order valence-corrected chi connectivity index (χ1v) is 7.32. The first kappa shape index (κ1) is 14.7. The first-order valence-electron chi connectivity index (χ1n) is 7.32. The molecule has 0 radical (unpaired) electrons. The fourth-order valence-electron chi connectivity index (χ4n) is 2.97. The van der Waals surface area contributed by atoms with Crippen LogP contribution in [0.15, 0.2) is 0 Å². The van der Waals surface area contributed by atoms with Gasteiger partial charge in [-0.25, -0.2) is 0 Å². The molecule has 2 fully saturated rings. The third-order valence-corrected chi connectivity index (χ3v) is 4.43. The zero-order valence-electron chi connectivity index (χ0n) is 12.2. The Kier molecular flexibility index (Phi) is 5.59. The third-order valence-electron chi connectivity index (χ3n) is 4.43. The van der Waals surface area contributed by atoms with Crippen molar-refractivity contribution in [2.75, 3.05) is 59.5 Å². The molecule has 0 spiro atoms. The average Bonchev–Trinajstić information content (AvgIpc) is 2.43. The summed E-state index contributed by atoms with van der Waals surface area (Å²) in [5.41, 5.74) is 0. The van der Waals surface area contributed by atoms with Crippen LogP contribution in [0.1, 0.15) is 13.3 Å². The number of hydrogen-bond acceptors (Lipinski definition) is 5. The zero-order valence-corrected chi connectivity index (χ0v) is 12.2. The summed E-state index contributed by atoms with van der Waals surface area (Å²) in [7, 11) is 2.14. The van der Waals surface area contributed by atoms with Crippen LogP contribution >= 0.6 is 0 Å². The van der Waals surface area contributed by atoms with E-state index in [9.17, 15) is 0 Å². The van der Waals surface area contributed by atoms with Gasteiger partial charge >= 0.3 is 0 Å².